The summed E-state index contributed by atoms with van der Waals surface area (Å²) in [5, 5.41) is 0. The van der Waals surface area contributed by atoms with E-state index in [1.807, 2.05) is 42.5 Å². The molecule has 3 rings (SSSR count). The van der Waals surface area contributed by atoms with Crippen molar-refractivity contribution in [2.45, 2.75) is 20.0 Å². The number of carbonyl (C=O) groups is 1. The van der Waals surface area contributed by atoms with Gasteiger partial charge in [-0.05, 0) is 30.7 Å². The maximum absolute atomic E-state index is 12.8. The van der Waals surface area contributed by atoms with Crippen LogP contribution in [0.25, 0.3) is 0 Å². The van der Waals surface area contributed by atoms with Gasteiger partial charge in [-0.3, -0.25) is 4.79 Å². The molecule has 4 nitrogen and oxygen atoms in total. The number of carbonyl (C=O) groups excluding carboxylic acids is 1. The third-order valence-electron chi connectivity index (χ3n) is 3.52. The summed E-state index contributed by atoms with van der Waals surface area (Å²) in [6, 6.07) is 15.3. The zero-order valence-corrected chi connectivity index (χ0v) is 12.4. The van der Waals surface area contributed by atoms with E-state index in [-0.39, 0.29) is 5.91 Å². The third kappa shape index (κ3) is 3.11. The van der Waals surface area contributed by atoms with Crippen molar-refractivity contribution >= 4 is 5.91 Å². The van der Waals surface area contributed by atoms with Gasteiger partial charge in [0.25, 0.3) is 5.91 Å². The molecule has 1 aromatic carbocycles. The number of rotatable bonds is 5. The van der Waals surface area contributed by atoms with Crippen LogP contribution in [0.15, 0.2) is 69.9 Å². The van der Waals surface area contributed by atoms with Gasteiger partial charge in [-0.2, -0.15) is 0 Å². The maximum atomic E-state index is 12.8. The Balaban J connectivity index is 1.85. The summed E-state index contributed by atoms with van der Waals surface area (Å²) in [6.07, 6.45) is 3.15. The number of nitrogens with zero attached hydrogens (tertiary/aromatic N) is 1. The van der Waals surface area contributed by atoms with E-state index >= 15 is 0 Å². The first kappa shape index (κ1) is 14.2. The highest BCUT2D eigenvalue weighted by Gasteiger charge is 2.20. The lowest BCUT2D eigenvalue weighted by Gasteiger charge is -2.21. The molecule has 22 heavy (non-hydrogen) atoms. The van der Waals surface area contributed by atoms with Gasteiger partial charge in [0.05, 0.1) is 24.6 Å². The summed E-state index contributed by atoms with van der Waals surface area (Å²) < 4.78 is 10.6. The lowest BCUT2D eigenvalue weighted by atomic mass is 10.1. The first-order valence-electron chi connectivity index (χ1n) is 7.13. The minimum absolute atomic E-state index is 0.0634. The van der Waals surface area contributed by atoms with E-state index in [0.29, 0.717) is 24.4 Å². The molecule has 0 aliphatic heterocycles. The van der Waals surface area contributed by atoms with Crippen molar-refractivity contribution in [3.8, 4) is 0 Å². The summed E-state index contributed by atoms with van der Waals surface area (Å²) in [4.78, 5) is 14.5. The van der Waals surface area contributed by atoms with Crippen molar-refractivity contribution < 1.29 is 13.6 Å². The van der Waals surface area contributed by atoms with E-state index in [0.717, 1.165) is 11.3 Å². The van der Waals surface area contributed by atoms with Crippen LogP contribution in [-0.2, 0) is 13.1 Å². The smallest absolute Gasteiger partial charge is 0.258 e. The highest BCUT2D eigenvalue weighted by atomic mass is 16.3. The Morgan fingerprint density at radius 3 is 2.41 bits per heavy atom. The molecule has 0 aliphatic carbocycles. The van der Waals surface area contributed by atoms with Crippen molar-refractivity contribution in [3.05, 3.63) is 83.7 Å². The van der Waals surface area contributed by atoms with Crippen LogP contribution < -0.4 is 0 Å². The molecule has 0 radical (unpaired) electrons. The molecule has 2 heterocycles. The molecule has 0 bridgehead atoms. The van der Waals surface area contributed by atoms with E-state index in [2.05, 4.69) is 0 Å². The first-order chi connectivity index (χ1) is 10.7. The molecule has 112 valence electrons. The normalized spacial score (nSPS) is 10.6. The number of amides is 1. The van der Waals surface area contributed by atoms with Gasteiger partial charge in [-0.15, -0.1) is 0 Å². The fourth-order valence-electron chi connectivity index (χ4n) is 2.37. The Hall–Kier alpha value is -2.75. The minimum atomic E-state index is -0.0634. The molecule has 0 atom stereocenters. The van der Waals surface area contributed by atoms with Gasteiger partial charge in [-0.1, -0.05) is 30.3 Å². The van der Waals surface area contributed by atoms with Gasteiger partial charge >= 0.3 is 0 Å². The van der Waals surface area contributed by atoms with E-state index < -0.39 is 0 Å². The zero-order valence-electron chi connectivity index (χ0n) is 12.4. The van der Waals surface area contributed by atoms with Gasteiger partial charge in [-0.25, -0.2) is 0 Å². The minimum Gasteiger partial charge on any atom is -0.469 e. The average molecular weight is 295 g/mol. The second-order valence-corrected chi connectivity index (χ2v) is 5.12. The van der Waals surface area contributed by atoms with Crippen LogP contribution in [0, 0.1) is 6.92 Å². The molecule has 0 spiro atoms. The summed E-state index contributed by atoms with van der Waals surface area (Å²) in [7, 11) is 0. The Morgan fingerprint density at radius 2 is 1.77 bits per heavy atom. The molecule has 0 fully saturated rings. The Morgan fingerprint density at radius 1 is 0.955 bits per heavy atom. The fourth-order valence-corrected chi connectivity index (χ4v) is 2.37. The Bertz CT molecular complexity index is 729. The molecule has 3 aromatic rings. The first-order valence-corrected chi connectivity index (χ1v) is 7.13. The largest absolute Gasteiger partial charge is 0.469 e. The van der Waals surface area contributed by atoms with Crippen LogP contribution >= 0.6 is 0 Å². The van der Waals surface area contributed by atoms with Crippen LogP contribution in [0.1, 0.15) is 27.4 Å². The molecule has 0 saturated carbocycles. The van der Waals surface area contributed by atoms with Crippen molar-refractivity contribution in [3.63, 3.8) is 0 Å². The fraction of sp³-hybridized carbons (Fsp3) is 0.167. The molecular formula is C18H17NO3. The predicted octanol–water partition coefficient (Wildman–Crippen LogP) is 4.02. The molecule has 1 amide bonds. The second kappa shape index (κ2) is 6.35. The summed E-state index contributed by atoms with van der Waals surface area (Å²) in [5.41, 5.74) is 1.66. The van der Waals surface area contributed by atoms with Crippen LogP contribution in [0.3, 0.4) is 0 Å². The quantitative estimate of drug-likeness (QED) is 0.714. The van der Waals surface area contributed by atoms with Crippen LogP contribution in [0.2, 0.25) is 0 Å². The van der Waals surface area contributed by atoms with Gasteiger partial charge in [0.15, 0.2) is 0 Å². The number of hydrogen-bond acceptors (Lipinski definition) is 3. The topological polar surface area (TPSA) is 46.6 Å². The number of furan rings is 2. The van der Waals surface area contributed by atoms with Crippen molar-refractivity contribution in [1.82, 2.24) is 4.90 Å². The SMILES string of the molecule is Cc1occc1C(=O)N(Cc1ccccc1)Cc1ccco1. The van der Waals surface area contributed by atoms with Gasteiger partial charge < -0.3 is 13.7 Å². The van der Waals surface area contributed by atoms with Gasteiger partial charge in [0, 0.05) is 6.54 Å². The maximum Gasteiger partial charge on any atom is 0.258 e. The molecule has 0 saturated heterocycles. The van der Waals surface area contributed by atoms with Crippen molar-refractivity contribution in [2.24, 2.45) is 0 Å². The molecule has 0 unspecified atom stereocenters. The lowest BCUT2D eigenvalue weighted by molar-refractivity contribution is 0.0716. The van der Waals surface area contributed by atoms with Gasteiger partial charge in [0.2, 0.25) is 0 Å². The summed E-state index contributed by atoms with van der Waals surface area (Å²) in [6.45, 7) is 2.73. The van der Waals surface area contributed by atoms with Crippen molar-refractivity contribution in [1.29, 1.82) is 0 Å². The van der Waals surface area contributed by atoms with Crippen LogP contribution in [0.4, 0.5) is 0 Å². The number of benzene rings is 1. The van der Waals surface area contributed by atoms with Gasteiger partial charge in [0.1, 0.15) is 11.5 Å². The van der Waals surface area contributed by atoms with E-state index in [1.165, 1.54) is 6.26 Å². The highest BCUT2D eigenvalue weighted by molar-refractivity contribution is 5.95. The Labute approximate surface area is 129 Å². The summed E-state index contributed by atoms with van der Waals surface area (Å²) in [5.74, 6) is 1.32. The standard InChI is InChI=1S/C18H17NO3/c1-14-17(9-11-21-14)18(20)19(13-16-8-5-10-22-16)12-15-6-3-2-4-7-15/h2-11H,12-13H2,1H3. The third-order valence-corrected chi connectivity index (χ3v) is 3.52. The average Bonchev–Trinajstić information content (AvgIpc) is 3.18. The highest BCUT2D eigenvalue weighted by Crippen LogP contribution is 2.17. The Kier molecular flexibility index (Phi) is 4.10. The molecule has 2 aromatic heterocycles. The van der Waals surface area contributed by atoms with Crippen LogP contribution in [-0.4, -0.2) is 10.8 Å². The van der Waals surface area contributed by atoms with Crippen LogP contribution in [0.5, 0.6) is 0 Å². The number of hydrogen-bond donors (Lipinski definition) is 0. The van der Waals surface area contributed by atoms with Crippen molar-refractivity contribution in [2.75, 3.05) is 0 Å². The monoisotopic (exact) mass is 295 g/mol. The zero-order chi connectivity index (χ0) is 15.4. The molecule has 4 heteroatoms. The lowest BCUT2D eigenvalue weighted by Crippen LogP contribution is -2.30. The van der Waals surface area contributed by atoms with E-state index in [4.69, 9.17) is 8.83 Å². The molecule has 0 aliphatic rings. The van der Waals surface area contributed by atoms with E-state index in [1.54, 1.807) is 24.2 Å². The number of aryl methyl sites for hydroxylation is 1. The molecular weight excluding hydrogens is 278 g/mol. The predicted molar refractivity (Wildman–Crippen MR) is 82.2 cm³/mol. The molecule has 0 N–H and O–H groups in total. The van der Waals surface area contributed by atoms with E-state index in [9.17, 15) is 4.79 Å². The summed E-state index contributed by atoms with van der Waals surface area (Å²) >= 11 is 0. The second-order valence-electron chi connectivity index (χ2n) is 5.12.